The van der Waals surface area contributed by atoms with E-state index in [1.54, 1.807) is 0 Å². The van der Waals surface area contributed by atoms with Gasteiger partial charge in [0.05, 0.1) is 17.7 Å². The first-order valence-corrected chi connectivity index (χ1v) is 6.61. The van der Waals surface area contributed by atoms with Gasteiger partial charge in [0.1, 0.15) is 0 Å². The van der Waals surface area contributed by atoms with Crippen LogP contribution in [0, 0.1) is 0 Å². The number of rotatable bonds is 2. The van der Waals surface area contributed by atoms with E-state index in [1.165, 1.54) is 6.42 Å². The minimum atomic E-state index is 0.376. The molecule has 3 saturated heterocycles. The summed E-state index contributed by atoms with van der Waals surface area (Å²) in [5.74, 6) is 0.817. The number of hydrogen-bond acceptors (Lipinski definition) is 4. The normalized spacial score (nSPS) is 25.2. The fourth-order valence-electron chi connectivity index (χ4n) is 2.84. The molecule has 96 valence electrons. The highest BCUT2D eigenvalue weighted by Crippen LogP contribution is 2.30. The first-order valence-electron chi connectivity index (χ1n) is 6.61. The largest absolute Gasteiger partial charge is 0.371 e. The minimum absolute atomic E-state index is 0.376. The zero-order valence-corrected chi connectivity index (χ0v) is 10.6. The number of aromatic nitrogens is 2. The molecule has 4 heterocycles. The maximum atomic E-state index is 5.64. The Balaban J connectivity index is 1.69. The smallest absolute Gasteiger partial charge is 0.226 e. The van der Waals surface area contributed by atoms with E-state index in [4.69, 9.17) is 4.74 Å². The summed E-state index contributed by atoms with van der Waals surface area (Å²) in [6.45, 7) is 5.60. The molecule has 4 nitrogen and oxygen atoms in total. The summed E-state index contributed by atoms with van der Waals surface area (Å²) in [6.07, 6.45) is 5.67. The van der Waals surface area contributed by atoms with Gasteiger partial charge in [-0.2, -0.15) is 0 Å². The van der Waals surface area contributed by atoms with Crippen molar-refractivity contribution in [2.75, 3.05) is 18.0 Å². The molecule has 2 atom stereocenters. The third-order valence-electron chi connectivity index (χ3n) is 3.87. The Morgan fingerprint density at radius 2 is 2.11 bits per heavy atom. The van der Waals surface area contributed by atoms with E-state index in [0.717, 1.165) is 35.5 Å². The standard InChI is InChI=1S/C15H15N3O/c1-2-10-3-4-14-11(5-10)7-16-15(17-14)18-8-12-6-13(9-18)19-12/h2-5,7,12-13H,1,6,8-9H2/t12-,13+. The van der Waals surface area contributed by atoms with Crippen LogP contribution in [-0.2, 0) is 4.74 Å². The van der Waals surface area contributed by atoms with Crippen LogP contribution in [0.3, 0.4) is 0 Å². The average Bonchev–Trinajstić information content (AvgIpc) is 2.45. The molecule has 0 radical (unpaired) electrons. The van der Waals surface area contributed by atoms with E-state index in [0.29, 0.717) is 12.2 Å². The Morgan fingerprint density at radius 3 is 2.84 bits per heavy atom. The van der Waals surface area contributed by atoms with Crippen molar-refractivity contribution in [2.24, 2.45) is 0 Å². The van der Waals surface area contributed by atoms with Crippen molar-refractivity contribution in [3.63, 3.8) is 0 Å². The van der Waals surface area contributed by atoms with Crippen molar-refractivity contribution in [2.45, 2.75) is 18.6 Å². The van der Waals surface area contributed by atoms with Gasteiger partial charge in [-0.05, 0) is 17.7 Å². The van der Waals surface area contributed by atoms with Crippen molar-refractivity contribution in [3.8, 4) is 0 Å². The molecule has 4 heteroatoms. The summed E-state index contributed by atoms with van der Waals surface area (Å²) < 4.78 is 5.64. The van der Waals surface area contributed by atoms with E-state index in [-0.39, 0.29) is 0 Å². The monoisotopic (exact) mass is 253 g/mol. The second-order valence-corrected chi connectivity index (χ2v) is 5.21. The van der Waals surface area contributed by atoms with Gasteiger partial charge in [-0.15, -0.1) is 0 Å². The third kappa shape index (κ3) is 1.79. The van der Waals surface area contributed by atoms with Crippen molar-refractivity contribution in [1.82, 2.24) is 9.97 Å². The molecule has 1 aromatic heterocycles. The second-order valence-electron chi connectivity index (χ2n) is 5.21. The topological polar surface area (TPSA) is 38.2 Å². The maximum Gasteiger partial charge on any atom is 0.226 e. The summed E-state index contributed by atoms with van der Waals surface area (Å²) in [5, 5.41) is 1.06. The molecule has 0 unspecified atom stereocenters. The van der Waals surface area contributed by atoms with Gasteiger partial charge < -0.3 is 9.64 Å². The summed E-state index contributed by atoms with van der Waals surface area (Å²) in [4.78, 5) is 11.4. The zero-order valence-electron chi connectivity index (χ0n) is 10.6. The quantitative estimate of drug-likeness (QED) is 0.822. The first kappa shape index (κ1) is 10.9. The number of benzene rings is 1. The number of anilines is 1. The van der Waals surface area contributed by atoms with Gasteiger partial charge in [-0.1, -0.05) is 18.7 Å². The number of hydrogen-bond donors (Lipinski definition) is 0. The molecule has 1 aromatic carbocycles. The van der Waals surface area contributed by atoms with Gasteiger partial charge >= 0.3 is 0 Å². The highest BCUT2D eigenvalue weighted by Gasteiger charge is 2.39. The van der Waals surface area contributed by atoms with Gasteiger partial charge in [0, 0.05) is 31.1 Å². The number of piperidine rings is 1. The van der Waals surface area contributed by atoms with Crippen LogP contribution in [0.5, 0.6) is 0 Å². The van der Waals surface area contributed by atoms with Crippen LogP contribution in [0.1, 0.15) is 12.0 Å². The van der Waals surface area contributed by atoms with Crippen LogP contribution < -0.4 is 4.90 Å². The van der Waals surface area contributed by atoms with Crippen LogP contribution in [0.25, 0.3) is 17.0 Å². The molecule has 19 heavy (non-hydrogen) atoms. The van der Waals surface area contributed by atoms with E-state index in [9.17, 15) is 0 Å². The Labute approximate surface area is 111 Å². The number of morpholine rings is 1. The number of nitrogens with zero attached hydrogens (tertiary/aromatic N) is 3. The zero-order chi connectivity index (χ0) is 12.8. The number of fused-ring (bicyclic) bond motifs is 3. The van der Waals surface area contributed by atoms with E-state index in [2.05, 4.69) is 27.5 Å². The van der Waals surface area contributed by atoms with Crippen LogP contribution in [-0.4, -0.2) is 35.3 Å². The molecule has 3 aliphatic heterocycles. The highest BCUT2D eigenvalue weighted by molar-refractivity contribution is 5.81. The Morgan fingerprint density at radius 1 is 1.32 bits per heavy atom. The number of ether oxygens (including phenoxy) is 1. The molecule has 0 N–H and O–H groups in total. The fraction of sp³-hybridized carbons (Fsp3) is 0.333. The molecule has 2 aromatic rings. The molecule has 3 fully saturated rings. The Bertz CT molecular complexity index is 639. The van der Waals surface area contributed by atoms with Crippen molar-refractivity contribution in [3.05, 3.63) is 36.5 Å². The first-order chi connectivity index (χ1) is 9.31. The van der Waals surface area contributed by atoms with Crippen molar-refractivity contribution >= 4 is 22.9 Å². The van der Waals surface area contributed by atoms with Gasteiger partial charge in [-0.3, -0.25) is 0 Å². The lowest BCUT2D eigenvalue weighted by Crippen LogP contribution is -2.57. The van der Waals surface area contributed by atoms with Gasteiger partial charge in [0.2, 0.25) is 5.95 Å². The van der Waals surface area contributed by atoms with Crippen LogP contribution in [0.4, 0.5) is 5.95 Å². The predicted molar refractivity (Wildman–Crippen MR) is 75.1 cm³/mol. The summed E-state index contributed by atoms with van der Waals surface area (Å²) >= 11 is 0. The molecule has 0 saturated carbocycles. The molecule has 0 amide bonds. The van der Waals surface area contributed by atoms with Crippen LogP contribution >= 0.6 is 0 Å². The molecular weight excluding hydrogens is 238 g/mol. The van der Waals surface area contributed by atoms with Gasteiger partial charge in [-0.25, -0.2) is 9.97 Å². The predicted octanol–water partition coefficient (Wildman–Crippen LogP) is 2.25. The summed E-state index contributed by atoms with van der Waals surface area (Å²) in [6, 6.07) is 6.12. The lowest BCUT2D eigenvalue weighted by molar-refractivity contribution is -0.133. The molecule has 0 aliphatic carbocycles. The van der Waals surface area contributed by atoms with Crippen molar-refractivity contribution < 1.29 is 4.74 Å². The van der Waals surface area contributed by atoms with Gasteiger partial charge in [0.15, 0.2) is 0 Å². The fourth-order valence-corrected chi connectivity index (χ4v) is 2.84. The molecule has 5 rings (SSSR count). The molecule has 3 aliphatic rings. The average molecular weight is 253 g/mol. The lowest BCUT2D eigenvalue weighted by atomic mass is 9.99. The second kappa shape index (κ2) is 4.03. The molecule has 2 bridgehead atoms. The van der Waals surface area contributed by atoms with Crippen LogP contribution in [0.2, 0.25) is 0 Å². The molecule has 0 spiro atoms. The van der Waals surface area contributed by atoms with Gasteiger partial charge in [0.25, 0.3) is 0 Å². The third-order valence-corrected chi connectivity index (χ3v) is 3.87. The maximum absolute atomic E-state index is 5.64. The van der Waals surface area contributed by atoms with Crippen molar-refractivity contribution in [1.29, 1.82) is 0 Å². The SMILES string of the molecule is C=Cc1ccc2nc(N3C[C@H]4C[C@@H](C3)O4)ncc2c1. The molecular formula is C15H15N3O. The van der Waals surface area contributed by atoms with Crippen LogP contribution in [0.15, 0.2) is 31.0 Å². The summed E-state index contributed by atoms with van der Waals surface area (Å²) in [5.41, 5.74) is 2.08. The van der Waals surface area contributed by atoms with E-state index >= 15 is 0 Å². The Hall–Kier alpha value is -1.94. The lowest BCUT2D eigenvalue weighted by Gasteiger charge is -2.46. The summed E-state index contributed by atoms with van der Waals surface area (Å²) in [7, 11) is 0. The highest BCUT2D eigenvalue weighted by atomic mass is 16.5. The van der Waals surface area contributed by atoms with E-state index < -0.39 is 0 Å². The van der Waals surface area contributed by atoms with E-state index in [1.807, 2.05) is 24.4 Å². The Kier molecular flexibility index (Phi) is 2.32. The minimum Gasteiger partial charge on any atom is -0.371 e.